The second kappa shape index (κ2) is 13.0. The monoisotopic (exact) mass is 269 g/mol. The summed E-state index contributed by atoms with van der Waals surface area (Å²) in [7, 11) is 0. The molecular weight excluding hydrogens is 230 g/mol. The topological polar surface area (TPSA) is 3.24 Å². The average molecular weight is 270 g/mol. The summed E-state index contributed by atoms with van der Waals surface area (Å²) in [6.45, 7) is 14.3. The summed E-state index contributed by atoms with van der Waals surface area (Å²) < 4.78 is 0. The van der Waals surface area contributed by atoms with Crippen LogP contribution in [0.4, 0.5) is 0 Å². The lowest BCUT2D eigenvalue weighted by Crippen LogP contribution is -2.37. The van der Waals surface area contributed by atoms with Crippen molar-refractivity contribution in [2.45, 2.75) is 98.4 Å². The lowest BCUT2D eigenvalue weighted by molar-refractivity contribution is 0.165. The lowest BCUT2D eigenvalue weighted by atomic mass is 9.96. The predicted molar refractivity (Wildman–Crippen MR) is 88.8 cm³/mol. The molecule has 0 aliphatic carbocycles. The van der Waals surface area contributed by atoms with E-state index in [0.29, 0.717) is 0 Å². The first-order chi connectivity index (χ1) is 9.19. The Balaban J connectivity index is 4.29. The molecule has 0 heterocycles. The van der Waals surface area contributed by atoms with Gasteiger partial charge in [0, 0.05) is 6.04 Å². The van der Waals surface area contributed by atoms with Crippen molar-refractivity contribution in [2.75, 3.05) is 13.1 Å². The Morgan fingerprint density at radius 3 is 2.00 bits per heavy atom. The zero-order valence-corrected chi connectivity index (χ0v) is 14.4. The van der Waals surface area contributed by atoms with Crippen LogP contribution in [-0.4, -0.2) is 24.0 Å². The molecule has 2 unspecified atom stereocenters. The van der Waals surface area contributed by atoms with Gasteiger partial charge in [-0.1, -0.05) is 60.3 Å². The molecule has 0 saturated carbocycles. The minimum absolute atomic E-state index is 0.843. The molecule has 2 atom stereocenters. The lowest BCUT2D eigenvalue weighted by Gasteiger charge is -2.32. The van der Waals surface area contributed by atoms with Crippen LogP contribution in [0.3, 0.4) is 0 Å². The smallest absolute Gasteiger partial charge is 0.00952 e. The van der Waals surface area contributed by atoms with Gasteiger partial charge in [0.05, 0.1) is 0 Å². The van der Waals surface area contributed by atoms with Crippen molar-refractivity contribution in [3.63, 3.8) is 0 Å². The van der Waals surface area contributed by atoms with E-state index in [9.17, 15) is 0 Å². The summed E-state index contributed by atoms with van der Waals surface area (Å²) in [5.74, 6) is 0.901. The second-order valence-electron chi connectivity index (χ2n) is 6.28. The molecule has 1 nitrogen and oxygen atoms in total. The Morgan fingerprint density at radius 2 is 1.47 bits per heavy atom. The molecule has 0 spiro atoms. The Morgan fingerprint density at radius 1 is 0.737 bits per heavy atom. The molecule has 0 amide bonds. The first kappa shape index (κ1) is 19.0. The number of rotatable bonds is 13. The van der Waals surface area contributed by atoms with E-state index < -0.39 is 0 Å². The molecule has 1 heteroatoms. The molecular formula is C18H39N. The van der Waals surface area contributed by atoms with Gasteiger partial charge in [0.1, 0.15) is 0 Å². The molecule has 0 radical (unpaired) electrons. The van der Waals surface area contributed by atoms with E-state index in [4.69, 9.17) is 0 Å². The quantitative estimate of drug-likeness (QED) is 0.377. The van der Waals surface area contributed by atoms with Crippen LogP contribution in [0.1, 0.15) is 92.4 Å². The maximum absolute atomic E-state index is 2.79. The third kappa shape index (κ3) is 9.49. The molecule has 0 aromatic carbocycles. The van der Waals surface area contributed by atoms with Crippen molar-refractivity contribution in [2.24, 2.45) is 5.92 Å². The fraction of sp³-hybridized carbons (Fsp3) is 1.00. The Bertz CT molecular complexity index is 179. The van der Waals surface area contributed by atoms with Crippen LogP contribution in [-0.2, 0) is 0 Å². The first-order valence-corrected chi connectivity index (χ1v) is 8.93. The van der Waals surface area contributed by atoms with Crippen molar-refractivity contribution >= 4 is 0 Å². The molecule has 0 aromatic heterocycles. The fourth-order valence-corrected chi connectivity index (χ4v) is 2.85. The van der Waals surface area contributed by atoms with Gasteiger partial charge < -0.3 is 4.90 Å². The number of unbranched alkanes of at least 4 members (excludes halogenated alkanes) is 2. The zero-order chi connectivity index (χ0) is 14.5. The van der Waals surface area contributed by atoms with Crippen molar-refractivity contribution in [1.29, 1.82) is 0 Å². The predicted octanol–water partition coefficient (Wildman–Crippen LogP) is 5.88. The van der Waals surface area contributed by atoms with Gasteiger partial charge in [-0.25, -0.2) is 0 Å². The van der Waals surface area contributed by atoms with E-state index in [-0.39, 0.29) is 0 Å². The molecule has 0 rings (SSSR count). The van der Waals surface area contributed by atoms with E-state index >= 15 is 0 Å². The maximum atomic E-state index is 2.79. The van der Waals surface area contributed by atoms with Crippen LogP contribution in [0, 0.1) is 5.92 Å². The van der Waals surface area contributed by atoms with Gasteiger partial charge >= 0.3 is 0 Å². The van der Waals surface area contributed by atoms with E-state index in [0.717, 1.165) is 12.0 Å². The number of nitrogens with zero attached hydrogens (tertiary/aromatic N) is 1. The molecule has 0 bridgehead atoms. The minimum Gasteiger partial charge on any atom is -0.300 e. The summed E-state index contributed by atoms with van der Waals surface area (Å²) in [6.07, 6.45) is 12.3. The van der Waals surface area contributed by atoms with Gasteiger partial charge in [-0.2, -0.15) is 0 Å². The molecule has 0 saturated heterocycles. The van der Waals surface area contributed by atoms with E-state index in [2.05, 4.69) is 39.5 Å². The molecule has 0 aliphatic rings. The van der Waals surface area contributed by atoms with E-state index in [1.165, 1.54) is 70.9 Å². The fourth-order valence-electron chi connectivity index (χ4n) is 2.85. The summed E-state index contributed by atoms with van der Waals surface area (Å²) >= 11 is 0. The first-order valence-electron chi connectivity index (χ1n) is 8.93. The van der Waals surface area contributed by atoms with Crippen LogP contribution in [0.2, 0.25) is 0 Å². The minimum atomic E-state index is 0.843. The van der Waals surface area contributed by atoms with Gasteiger partial charge in [0.2, 0.25) is 0 Å². The molecule has 0 fully saturated rings. The normalized spacial score (nSPS) is 14.8. The highest BCUT2D eigenvalue weighted by Crippen LogP contribution is 2.19. The van der Waals surface area contributed by atoms with Crippen LogP contribution in [0.15, 0.2) is 0 Å². The summed E-state index contributed by atoms with van der Waals surface area (Å²) in [4.78, 5) is 2.79. The molecule has 0 N–H and O–H groups in total. The van der Waals surface area contributed by atoms with Crippen LogP contribution >= 0.6 is 0 Å². The third-order valence-corrected chi connectivity index (χ3v) is 4.39. The highest BCUT2D eigenvalue weighted by atomic mass is 15.1. The molecule has 0 aromatic rings. The van der Waals surface area contributed by atoms with E-state index in [1.54, 1.807) is 0 Å². The molecule has 116 valence electrons. The van der Waals surface area contributed by atoms with Crippen molar-refractivity contribution < 1.29 is 0 Å². The molecule has 0 aliphatic heterocycles. The standard InChI is InChI=1S/C18H39N/c1-6-10-11-16-19(15-8-3)18(12-7-2)14-13-17(5)9-4/h17-18H,6-16H2,1-5H3. The van der Waals surface area contributed by atoms with Gasteiger partial charge in [-0.05, 0) is 51.1 Å². The maximum Gasteiger partial charge on any atom is 0.00952 e. The largest absolute Gasteiger partial charge is 0.300 e. The zero-order valence-electron chi connectivity index (χ0n) is 14.4. The number of hydrogen-bond acceptors (Lipinski definition) is 1. The van der Waals surface area contributed by atoms with Crippen LogP contribution in [0.25, 0.3) is 0 Å². The highest BCUT2D eigenvalue weighted by Gasteiger charge is 2.17. The summed E-state index contributed by atoms with van der Waals surface area (Å²) in [5.41, 5.74) is 0. The van der Waals surface area contributed by atoms with Crippen molar-refractivity contribution in [3.05, 3.63) is 0 Å². The Labute approximate surface area is 123 Å². The van der Waals surface area contributed by atoms with Gasteiger partial charge in [-0.3, -0.25) is 0 Å². The summed E-state index contributed by atoms with van der Waals surface area (Å²) in [5, 5.41) is 0. The van der Waals surface area contributed by atoms with Crippen LogP contribution < -0.4 is 0 Å². The highest BCUT2D eigenvalue weighted by molar-refractivity contribution is 4.72. The van der Waals surface area contributed by atoms with Gasteiger partial charge in [0.15, 0.2) is 0 Å². The van der Waals surface area contributed by atoms with Gasteiger partial charge in [0.25, 0.3) is 0 Å². The van der Waals surface area contributed by atoms with Gasteiger partial charge in [-0.15, -0.1) is 0 Å². The Kier molecular flexibility index (Phi) is 12.9. The summed E-state index contributed by atoms with van der Waals surface area (Å²) in [6, 6.07) is 0.843. The third-order valence-electron chi connectivity index (χ3n) is 4.39. The van der Waals surface area contributed by atoms with Crippen molar-refractivity contribution in [1.82, 2.24) is 4.90 Å². The Hall–Kier alpha value is -0.0400. The van der Waals surface area contributed by atoms with Crippen LogP contribution in [0.5, 0.6) is 0 Å². The number of hydrogen-bond donors (Lipinski definition) is 0. The van der Waals surface area contributed by atoms with Crippen molar-refractivity contribution in [3.8, 4) is 0 Å². The SMILES string of the molecule is CCCCCN(CCC)C(CCC)CCC(C)CC. The van der Waals surface area contributed by atoms with E-state index in [1.807, 2.05) is 0 Å². The average Bonchev–Trinajstić information content (AvgIpc) is 2.42. The second-order valence-corrected chi connectivity index (χ2v) is 6.28. The molecule has 19 heavy (non-hydrogen) atoms.